The molecule has 2 rings (SSSR count). The summed E-state index contributed by atoms with van der Waals surface area (Å²) in [6, 6.07) is 5.74. The molecule has 1 aromatic rings. The van der Waals surface area contributed by atoms with Crippen LogP contribution in [0.3, 0.4) is 0 Å². The Hall–Kier alpha value is -1.51. The summed E-state index contributed by atoms with van der Waals surface area (Å²) in [5.74, 6) is 0.939. The monoisotopic (exact) mass is 247 g/mol. The Morgan fingerprint density at radius 2 is 2.33 bits per heavy atom. The summed E-state index contributed by atoms with van der Waals surface area (Å²) in [5, 5.41) is 12.4. The standard InChI is InChI=1S/C15H21NO2/c1-11(17)16-9-3-6-12-4-2-5-13-7-8-14(18)10-15(12)13/h7-8,10,12,18H,2-6,9H2,1H3,(H,16,17). The lowest BCUT2D eigenvalue weighted by atomic mass is 9.80. The molecule has 3 nitrogen and oxygen atoms in total. The molecule has 0 bridgehead atoms. The number of amides is 1. The van der Waals surface area contributed by atoms with Crippen LogP contribution in [0.1, 0.15) is 49.7 Å². The van der Waals surface area contributed by atoms with Crippen LogP contribution in [0.2, 0.25) is 0 Å². The second kappa shape index (κ2) is 5.89. The van der Waals surface area contributed by atoms with Crippen molar-refractivity contribution in [2.75, 3.05) is 6.54 Å². The minimum atomic E-state index is 0.0386. The molecule has 0 fully saturated rings. The molecule has 1 aromatic carbocycles. The van der Waals surface area contributed by atoms with Crippen LogP contribution in [0.4, 0.5) is 0 Å². The zero-order valence-electron chi connectivity index (χ0n) is 10.9. The summed E-state index contributed by atoms with van der Waals surface area (Å²) in [6.07, 6.45) is 5.62. The van der Waals surface area contributed by atoms with Crippen molar-refractivity contribution < 1.29 is 9.90 Å². The second-order valence-electron chi connectivity index (χ2n) is 5.10. The number of phenols is 1. The maximum Gasteiger partial charge on any atom is 0.216 e. The van der Waals surface area contributed by atoms with Crippen LogP contribution in [0.25, 0.3) is 0 Å². The number of carbonyl (C=O) groups excluding carboxylic acids is 1. The van der Waals surface area contributed by atoms with E-state index < -0.39 is 0 Å². The fourth-order valence-electron chi connectivity index (χ4n) is 2.80. The first-order chi connectivity index (χ1) is 8.66. The normalized spacial score (nSPS) is 18.2. The highest BCUT2D eigenvalue weighted by Gasteiger charge is 2.20. The molecule has 0 aliphatic heterocycles. The van der Waals surface area contributed by atoms with E-state index in [0.717, 1.165) is 25.8 Å². The van der Waals surface area contributed by atoms with Gasteiger partial charge in [0.25, 0.3) is 0 Å². The fraction of sp³-hybridized carbons (Fsp3) is 0.533. The van der Waals surface area contributed by atoms with Crippen molar-refractivity contribution in [3.05, 3.63) is 29.3 Å². The van der Waals surface area contributed by atoms with Crippen LogP contribution in [0.5, 0.6) is 5.75 Å². The lowest BCUT2D eigenvalue weighted by Crippen LogP contribution is -2.21. The number of hydrogen-bond donors (Lipinski definition) is 2. The second-order valence-corrected chi connectivity index (χ2v) is 5.10. The number of rotatable bonds is 4. The lowest BCUT2D eigenvalue weighted by molar-refractivity contribution is -0.118. The Bertz CT molecular complexity index is 429. The van der Waals surface area contributed by atoms with E-state index in [-0.39, 0.29) is 5.91 Å². The number of fused-ring (bicyclic) bond motifs is 1. The molecular formula is C15H21NO2. The number of phenolic OH excluding ortho intramolecular Hbond substituents is 1. The molecule has 98 valence electrons. The number of aryl methyl sites for hydroxylation is 1. The first-order valence-electron chi connectivity index (χ1n) is 6.73. The Kier molecular flexibility index (Phi) is 4.24. The highest BCUT2D eigenvalue weighted by molar-refractivity contribution is 5.72. The largest absolute Gasteiger partial charge is 0.508 e. The number of hydrogen-bond acceptors (Lipinski definition) is 2. The van der Waals surface area contributed by atoms with Crippen LogP contribution in [-0.2, 0) is 11.2 Å². The number of aromatic hydroxyl groups is 1. The van der Waals surface area contributed by atoms with E-state index in [1.165, 1.54) is 24.0 Å². The van der Waals surface area contributed by atoms with Crippen molar-refractivity contribution in [3.63, 3.8) is 0 Å². The summed E-state index contributed by atoms with van der Waals surface area (Å²) >= 11 is 0. The zero-order chi connectivity index (χ0) is 13.0. The lowest BCUT2D eigenvalue weighted by Gasteiger charge is -2.25. The van der Waals surface area contributed by atoms with Gasteiger partial charge >= 0.3 is 0 Å². The maximum absolute atomic E-state index is 10.8. The van der Waals surface area contributed by atoms with Crippen molar-refractivity contribution in [1.82, 2.24) is 5.32 Å². The molecule has 18 heavy (non-hydrogen) atoms. The zero-order valence-corrected chi connectivity index (χ0v) is 10.9. The molecule has 1 aliphatic carbocycles. The molecule has 2 N–H and O–H groups in total. The molecule has 0 spiro atoms. The van der Waals surface area contributed by atoms with E-state index >= 15 is 0 Å². The average Bonchev–Trinajstić information content (AvgIpc) is 2.34. The van der Waals surface area contributed by atoms with Gasteiger partial charge < -0.3 is 10.4 Å². The van der Waals surface area contributed by atoms with Gasteiger partial charge in [-0.1, -0.05) is 6.07 Å². The van der Waals surface area contributed by atoms with E-state index in [1.54, 1.807) is 13.0 Å². The molecule has 1 atom stereocenters. The van der Waals surface area contributed by atoms with Gasteiger partial charge in [0.15, 0.2) is 0 Å². The van der Waals surface area contributed by atoms with Gasteiger partial charge in [-0.15, -0.1) is 0 Å². The predicted octanol–water partition coefficient (Wildman–Crippen LogP) is 2.73. The summed E-state index contributed by atoms with van der Waals surface area (Å²) in [7, 11) is 0. The molecule has 0 aromatic heterocycles. The van der Waals surface area contributed by atoms with E-state index in [9.17, 15) is 9.90 Å². The first-order valence-corrected chi connectivity index (χ1v) is 6.73. The van der Waals surface area contributed by atoms with Crippen molar-refractivity contribution in [2.24, 2.45) is 0 Å². The van der Waals surface area contributed by atoms with E-state index in [2.05, 4.69) is 5.32 Å². The number of nitrogens with one attached hydrogen (secondary N) is 1. The van der Waals surface area contributed by atoms with Crippen molar-refractivity contribution in [3.8, 4) is 5.75 Å². The van der Waals surface area contributed by atoms with E-state index in [1.807, 2.05) is 12.1 Å². The smallest absolute Gasteiger partial charge is 0.216 e. The highest BCUT2D eigenvalue weighted by Crippen LogP contribution is 2.36. The van der Waals surface area contributed by atoms with Gasteiger partial charge in [0.1, 0.15) is 5.75 Å². The van der Waals surface area contributed by atoms with Crippen molar-refractivity contribution in [2.45, 2.75) is 44.9 Å². The summed E-state index contributed by atoms with van der Waals surface area (Å²) in [6.45, 7) is 2.30. The maximum atomic E-state index is 10.8. The minimum absolute atomic E-state index is 0.0386. The van der Waals surface area contributed by atoms with Crippen molar-refractivity contribution in [1.29, 1.82) is 0 Å². The highest BCUT2D eigenvalue weighted by atomic mass is 16.3. The number of benzene rings is 1. The van der Waals surface area contributed by atoms with E-state index in [0.29, 0.717) is 11.7 Å². The molecule has 1 unspecified atom stereocenters. The fourth-order valence-corrected chi connectivity index (χ4v) is 2.80. The summed E-state index contributed by atoms with van der Waals surface area (Å²) in [4.78, 5) is 10.8. The van der Waals surface area contributed by atoms with Crippen LogP contribution < -0.4 is 5.32 Å². The molecular weight excluding hydrogens is 226 g/mol. The van der Waals surface area contributed by atoms with Gasteiger partial charge in [-0.2, -0.15) is 0 Å². The Labute approximate surface area is 108 Å². The molecule has 0 radical (unpaired) electrons. The molecule has 1 amide bonds. The Morgan fingerprint density at radius 3 is 3.11 bits per heavy atom. The SMILES string of the molecule is CC(=O)NCCCC1CCCc2ccc(O)cc21. The third-order valence-corrected chi connectivity index (χ3v) is 3.67. The average molecular weight is 247 g/mol. The molecule has 3 heteroatoms. The molecule has 0 saturated carbocycles. The Morgan fingerprint density at radius 1 is 1.50 bits per heavy atom. The first kappa shape index (κ1) is 12.9. The topological polar surface area (TPSA) is 49.3 Å². The van der Waals surface area contributed by atoms with Gasteiger partial charge in [0, 0.05) is 13.5 Å². The van der Waals surface area contributed by atoms with Crippen LogP contribution >= 0.6 is 0 Å². The van der Waals surface area contributed by atoms with E-state index in [4.69, 9.17) is 0 Å². The predicted molar refractivity (Wildman–Crippen MR) is 71.7 cm³/mol. The summed E-state index contributed by atoms with van der Waals surface area (Å²) < 4.78 is 0. The third kappa shape index (κ3) is 3.25. The van der Waals surface area contributed by atoms with Gasteiger partial charge in [0.2, 0.25) is 5.91 Å². The summed E-state index contributed by atoms with van der Waals surface area (Å²) in [5.41, 5.74) is 2.69. The van der Waals surface area contributed by atoms with Gasteiger partial charge in [-0.05, 0) is 61.3 Å². The number of carbonyl (C=O) groups is 1. The molecule has 0 heterocycles. The van der Waals surface area contributed by atoms with Crippen LogP contribution in [-0.4, -0.2) is 17.6 Å². The molecule has 1 aliphatic rings. The minimum Gasteiger partial charge on any atom is -0.508 e. The van der Waals surface area contributed by atoms with Gasteiger partial charge in [-0.3, -0.25) is 4.79 Å². The van der Waals surface area contributed by atoms with Gasteiger partial charge in [-0.25, -0.2) is 0 Å². The Balaban J connectivity index is 1.95. The quantitative estimate of drug-likeness (QED) is 0.804. The molecule has 0 saturated heterocycles. The van der Waals surface area contributed by atoms with Crippen molar-refractivity contribution >= 4 is 5.91 Å². The third-order valence-electron chi connectivity index (χ3n) is 3.67. The van der Waals surface area contributed by atoms with Gasteiger partial charge in [0.05, 0.1) is 0 Å². The van der Waals surface area contributed by atoms with Crippen LogP contribution in [0, 0.1) is 0 Å². The van der Waals surface area contributed by atoms with Crippen LogP contribution in [0.15, 0.2) is 18.2 Å².